The van der Waals surface area contributed by atoms with Crippen molar-refractivity contribution in [3.05, 3.63) is 70.2 Å². The third-order valence-electron chi connectivity index (χ3n) is 7.32. The van der Waals surface area contributed by atoms with E-state index in [1.165, 1.54) is 0 Å². The highest BCUT2D eigenvalue weighted by Crippen LogP contribution is 2.33. The fraction of sp³-hybridized carbons (Fsp3) is 0.481. The molecule has 2 unspecified atom stereocenters. The van der Waals surface area contributed by atoms with E-state index in [2.05, 4.69) is 46.2 Å². The van der Waals surface area contributed by atoms with E-state index < -0.39 is 6.04 Å². The molecule has 0 aliphatic carbocycles. The van der Waals surface area contributed by atoms with Crippen LogP contribution in [0.1, 0.15) is 63.2 Å². The molecule has 1 N–H and O–H groups in total. The molecule has 0 spiro atoms. The van der Waals surface area contributed by atoms with Crippen molar-refractivity contribution in [2.45, 2.75) is 64.3 Å². The number of H-pyrrole nitrogens is 1. The Morgan fingerprint density at radius 1 is 1.30 bits per heavy atom. The van der Waals surface area contributed by atoms with E-state index in [-0.39, 0.29) is 17.2 Å². The molecule has 2 atom stereocenters. The molecular weight excluding hydrogens is 472 g/mol. The van der Waals surface area contributed by atoms with Crippen molar-refractivity contribution in [3.8, 4) is 5.75 Å². The summed E-state index contributed by atoms with van der Waals surface area (Å²) in [4.78, 5) is 18.9. The lowest BCUT2D eigenvalue weighted by Crippen LogP contribution is -2.41. The zero-order valence-corrected chi connectivity index (χ0v) is 21.8. The van der Waals surface area contributed by atoms with Crippen LogP contribution in [0.5, 0.6) is 5.75 Å². The fourth-order valence-corrected chi connectivity index (χ4v) is 4.89. The third-order valence-corrected chi connectivity index (χ3v) is 7.32. The average molecular weight is 507 g/mol. The first kappa shape index (κ1) is 25.2. The number of hydrogen-bond acceptors (Lipinski definition) is 8. The molecule has 1 aromatic carbocycles. The summed E-state index contributed by atoms with van der Waals surface area (Å²) in [5.74, 6) is 2.10. The number of aromatic nitrogens is 5. The van der Waals surface area contributed by atoms with E-state index in [1.807, 2.05) is 41.1 Å². The number of methoxy groups -OCH3 is 1. The van der Waals surface area contributed by atoms with Crippen LogP contribution >= 0.6 is 0 Å². The standard InChI is InChI=1S/C27H34N6O4/c1-5-27(2,3)33-25(29-30-31-33)24(22-15-18-14-19(35-4)10-11-23(18)28-26(22)34)32(16-20-8-6-12-36-20)17-21-9-7-13-37-21/h6,8,10-12,14-15,21,24H,5,7,9,13,16-17H2,1-4H3,(H,28,34). The first-order chi connectivity index (χ1) is 17.9. The van der Waals surface area contributed by atoms with Gasteiger partial charge in [0.1, 0.15) is 17.6 Å². The molecular formula is C27H34N6O4. The van der Waals surface area contributed by atoms with Crippen molar-refractivity contribution < 1.29 is 13.9 Å². The van der Waals surface area contributed by atoms with Crippen LogP contribution in [0.2, 0.25) is 0 Å². The summed E-state index contributed by atoms with van der Waals surface area (Å²) in [5, 5.41) is 13.8. The lowest BCUT2D eigenvalue weighted by atomic mass is 9.98. The van der Waals surface area contributed by atoms with Gasteiger partial charge in [-0.15, -0.1) is 5.10 Å². The fourth-order valence-electron chi connectivity index (χ4n) is 4.89. The van der Waals surface area contributed by atoms with Crippen LogP contribution in [-0.2, 0) is 16.8 Å². The van der Waals surface area contributed by atoms with Gasteiger partial charge in [-0.25, -0.2) is 4.68 Å². The van der Waals surface area contributed by atoms with Crippen molar-refractivity contribution in [1.29, 1.82) is 0 Å². The maximum Gasteiger partial charge on any atom is 0.253 e. The first-order valence-corrected chi connectivity index (χ1v) is 12.8. The second-order valence-electron chi connectivity index (χ2n) is 10.2. The Kier molecular flexibility index (Phi) is 7.12. The van der Waals surface area contributed by atoms with E-state index in [4.69, 9.17) is 13.9 Å². The predicted molar refractivity (Wildman–Crippen MR) is 138 cm³/mol. The molecule has 10 nitrogen and oxygen atoms in total. The quantitative estimate of drug-likeness (QED) is 0.343. The molecule has 1 aliphatic rings. The van der Waals surface area contributed by atoms with Crippen LogP contribution < -0.4 is 10.3 Å². The Bertz CT molecular complexity index is 1390. The number of nitrogens with zero attached hydrogens (tertiary/aromatic N) is 5. The number of tetrazole rings is 1. The predicted octanol–water partition coefficient (Wildman–Crippen LogP) is 4.03. The SMILES string of the molecule is CCC(C)(C)n1nnnc1C(c1cc2cc(OC)ccc2[nH]c1=O)N(Cc1ccco1)CC1CCCO1. The van der Waals surface area contributed by atoms with Gasteiger partial charge in [0.05, 0.1) is 31.6 Å². The molecule has 0 radical (unpaired) electrons. The number of aromatic amines is 1. The molecule has 1 saturated heterocycles. The molecule has 1 fully saturated rings. The molecule has 0 bridgehead atoms. The number of ether oxygens (including phenoxy) is 2. The smallest absolute Gasteiger partial charge is 0.253 e. The number of rotatable bonds is 10. The van der Waals surface area contributed by atoms with Crippen LogP contribution in [-0.4, -0.2) is 56.5 Å². The Morgan fingerprint density at radius 3 is 2.86 bits per heavy atom. The molecule has 37 heavy (non-hydrogen) atoms. The number of benzene rings is 1. The zero-order chi connectivity index (χ0) is 26.0. The highest BCUT2D eigenvalue weighted by atomic mass is 16.5. The van der Waals surface area contributed by atoms with Gasteiger partial charge in [-0.1, -0.05) is 6.92 Å². The van der Waals surface area contributed by atoms with Gasteiger partial charge < -0.3 is 18.9 Å². The number of pyridine rings is 1. The number of furan rings is 1. The Labute approximate surface area is 215 Å². The van der Waals surface area contributed by atoms with Gasteiger partial charge in [-0.05, 0) is 79.9 Å². The number of nitrogens with one attached hydrogen (secondary N) is 1. The molecule has 3 aromatic heterocycles. The van der Waals surface area contributed by atoms with Crippen LogP contribution in [0, 0.1) is 0 Å². The molecule has 4 heterocycles. The van der Waals surface area contributed by atoms with E-state index >= 15 is 0 Å². The molecule has 196 valence electrons. The van der Waals surface area contributed by atoms with Crippen LogP contribution in [0.3, 0.4) is 0 Å². The molecule has 1 aliphatic heterocycles. The number of hydrogen-bond donors (Lipinski definition) is 1. The third kappa shape index (κ3) is 5.17. The van der Waals surface area contributed by atoms with Crippen LogP contribution in [0.4, 0.5) is 0 Å². The summed E-state index contributed by atoms with van der Waals surface area (Å²) in [7, 11) is 1.63. The van der Waals surface area contributed by atoms with Crippen LogP contribution in [0.25, 0.3) is 10.9 Å². The molecule has 10 heteroatoms. The summed E-state index contributed by atoms with van der Waals surface area (Å²) in [6.45, 7) is 8.09. The van der Waals surface area contributed by atoms with Crippen molar-refractivity contribution in [2.75, 3.05) is 20.3 Å². The van der Waals surface area contributed by atoms with Crippen molar-refractivity contribution in [3.63, 3.8) is 0 Å². The summed E-state index contributed by atoms with van der Waals surface area (Å²) < 4.78 is 19.0. The van der Waals surface area contributed by atoms with E-state index in [0.717, 1.165) is 42.5 Å². The zero-order valence-electron chi connectivity index (χ0n) is 21.8. The highest BCUT2D eigenvalue weighted by molar-refractivity contribution is 5.80. The van der Waals surface area contributed by atoms with Crippen molar-refractivity contribution in [2.24, 2.45) is 0 Å². The molecule has 0 saturated carbocycles. The lowest BCUT2D eigenvalue weighted by Gasteiger charge is -2.34. The van der Waals surface area contributed by atoms with Gasteiger partial charge in [0, 0.05) is 29.6 Å². The van der Waals surface area contributed by atoms with Crippen LogP contribution in [0.15, 0.2) is 51.9 Å². The Morgan fingerprint density at radius 2 is 2.16 bits per heavy atom. The van der Waals surface area contributed by atoms with E-state index in [0.29, 0.717) is 30.2 Å². The second kappa shape index (κ2) is 10.5. The minimum atomic E-state index is -0.547. The van der Waals surface area contributed by atoms with E-state index in [9.17, 15) is 4.79 Å². The van der Waals surface area contributed by atoms with Gasteiger partial charge in [0.2, 0.25) is 0 Å². The van der Waals surface area contributed by atoms with Gasteiger partial charge in [0.25, 0.3) is 5.56 Å². The summed E-state index contributed by atoms with van der Waals surface area (Å²) in [6.07, 6.45) is 4.49. The minimum absolute atomic E-state index is 0.0422. The maximum absolute atomic E-state index is 13.7. The van der Waals surface area contributed by atoms with Gasteiger partial charge in [-0.3, -0.25) is 9.69 Å². The highest BCUT2D eigenvalue weighted by Gasteiger charge is 2.36. The molecule has 0 amide bonds. The average Bonchev–Trinajstić information content (AvgIpc) is 3.68. The largest absolute Gasteiger partial charge is 0.497 e. The normalized spacial score (nSPS) is 17.1. The molecule has 5 rings (SSSR count). The Hall–Kier alpha value is -3.50. The maximum atomic E-state index is 13.7. The van der Waals surface area contributed by atoms with Crippen molar-refractivity contribution in [1.82, 2.24) is 30.1 Å². The van der Waals surface area contributed by atoms with E-state index in [1.54, 1.807) is 13.4 Å². The summed E-state index contributed by atoms with van der Waals surface area (Å²) >= 11 is 0. The summed E-state index contributed by atoms with van der Waals surface area (Å²) in [6, 6.07) is 10.8. The molecule has 4 aromatic rings. The topological polar surface area (TPSA) is 111 Å². The van der Waals surface area contributed by atoms with Gasteiger partial charge in [0.15, 0.2) is 5.82 Å². The van der Waals surface area contributed by atoms with Gasteiger partial charge in [-0.2, -0.15) is 0 Å². The monoisotopic (exact) mass is 506 g/mol. The van der Waals surface area contributed by atoms with Gasteiger partial charge >= 0.3 is 0 Å². The van der Waals surface area contributed by atoms with Crippen molar-refractivity contribution >= 4 is 10.9 Å². The minimum Gasteiger partial charge on any atom is -0.497 e. The summed E-state index contributed by atoms with van der Waals surface area (Å²) in [5.41, 5.74) is 0.736. The second-order valence-corrected chi connectivity index (χ2v) is 10.2. The first-order valence-electron chi connectivity index (χ1n) is 12.8. The lowest BCUT2D eigenvalue weighted by molar-refractivity contribution is 0.0534. The Balaban J connectivity index is 1.70. The number of fused-ring (bicyclic) bond motifs is 1.